The molecule has 2 rings (SSSR count). The molecule has 1 unspecified atom stereocenters. The molecule has 0 amide bonds. The van der Waals surface area contributed by atoms with E-state index in [1.54, 1.807) is 17.6 Å². The van der Waals surface area contributed by atoms with Crippen molar-refractivity contribution in [1.29, 1.82) is 0 Å². The Hall–Kier alpha value is -1.14. The fourth-order valence-electron chi connectivity index (χ4n) is 2.30. The molecule has 1 atom stereocenters. The first-order valence-corrected chi connectivity index (χ1v) is 8.75. The molecule has 0 aliphatic carbocycles. The smallest absolute Gasteiger partial charge is 0.117 e. The van der Waals surface area contributed by atoms with Crippen LogP contribution in [0.1, 0.15) is 36.3 Å². The number of aliphatic hydroxyl groups is 1. The lowest BCUT2D eigenvalue weighted by atomic mass is 10.2. The van der Waals surface area contributed by atoms with Crippen LogP contribution >= 0.6 is 11.3 Å². The van der Waals surface area contributed by atoms with Gasteiger partial charge in [0.1, 0.15) is 5.76 Å². The monoisotopic (exact) mass is 337 g/mol. The molecule has 23 heavy (non-hydrogen) atoms. The van der Waals surface area contributed by atoms with Crippen molar-refractivity contribution < 1.29 is 14.3 Å². The van der Waals surface area contributed by atoms with E-state index >= 15 is 0 Å². The number of thiophene rings is 1. The number of furan rings is 1. The molecule has 0 aliphatic rings. The highest BCUT2D eigenvalue weighted by Gasteiger charge is 2.18. The first-order valence-electron chi connectivity index (χ1n) is 7.94. The molecule has 0 spiro atoms. The van der Waals surface area contributed by atoms with Crippen LogP contribution in [0.25, 0.3) is 0 Å². The number of hydrogen-bond acceptors (Lipinski definition) is 5. The van der Waals surface area contributed by atoms with Gasteiger partial charge in [-0.15, -0.1) is 11.3 Å². The van der Waals surface area contributed by atoms with Gasteiger partial charge in [0, 0.05) is 22.8 Å². The van der Waals surface area contributed by atoms with Gasteiger partial charge in [0.15, 0.2) is 0 Å². The number of aryl methyl sites for hydroxylation is 1. The molecule has 2 aromatic rings. The van der Waals surface area contributed by atoms with Gasteiger partial charge in [-0.25, -0.2) is 0 Å². The van der Waals surface area contributed by atoms with Gasteiger partial charge in [0.25, 0.3) is 0 Å². The van der Waals surface area contributed by atoms with E-state index in [0.717, 1.165) is 12.3 Å². The van der Waals surface area contributed by atoms with Crippen LogP contribution in [0.5, 0.6) is 0 Å². The molecule has 5 heteroatoms. The number of rotatable bonds is 8. The molecule has 0 aromatic carbocycles. The first kappa shape index (κ1) is 18.2. The summed E-state index contributed by atoms with van der Waals surface area (Å²) in [6, 6.07) is 8.13. The van der Waals surface area contributed by atoms with E-state index in [2.05, 4.69) is 24.0 Å². The van der Waals surface area contributed by atoms with Crippen LogP contribution in [0.3, 0.4) is 0 Å². The lowest BCUT2D eigenvalue weighted by Gasteiger charge is -2.26. The molecule has 0 radical (unpaired) electrons. The summed E-state index contributed by atoms with van der Waals surface area (Å²) in [6.45, 7) is 10.5. The Balaban J connectivity index is 1.95. The number of hydrogen-bond donors (Lipinski definition) is 1. The van der Waals surface area contributed by atoms with Crippen molar-refractivity contribution >= 4 is 11.3 Å². The standard InChI is InChI=1S/C18H27NO3S/c1-14-7-8-17(23-14)12-19(11-16-6-5-9-21-16)10-15(20)13-22-18(2,3)4/h5-9,15,20H,10-13H2,1-4H3. The molecule has 4 nitrogen and oxygen atoms in total. The zero-order valence-corrected chi connectivity index (χ0v) is 15.2. The van der Waals surface area contributed by atoms with Gasteiger partial charge in [-0.1, -0.05) is 0 Å². The SMILES string of the molecule is Cc1ccc(CN(Cc2ccco2)CC(O)COC(C)(C)C)s1. The van der Waals surface area contributed by atoms with Crippen LogP contribution in [-0.4, -0.2) is 34.9 Å². The lowest BCUT2D eigenvalue weighted by Crippen LogP contribution is -2.36. The Morgan fingerprint density at radius 3 is 2.61 bits per heavy atom. The van der Waals surface area contributed by atoms with Gasteiger partial charge in [-0.2, -0.15) is 0 Å². The summed E-state index contributed by atoms with van der Waals surface area (Å²) < 4.78 is 11.1. The molecule has 2 aromatic heterocycles. The van der Waals surface area contributed by atoms with Crippen molar-refractivity contribution in [2.45, 2.75) is 52.5 Å². The van der Waals surface area contributed by atoms with E-state index in [1.165, 1.54) is 9.75 Å². The van der Waals surface area contributed by atoms with Gasteiger partial charge < -0.3 is 14.3 Å². The number of ether oxygens (including phenoxy) is 1. The molecule has 0 bridgehead atoms. The van der Waals surface area contributed by atoms with Crippen molar-refractivity contribution in [3.63, 3.8) is 0 Å². The highest BCUT2D eigenvalue weighted by Crippen LogP contribution is 2.19. The normalized spacial score (nSPS) is 13.7. The molecule has 1 N–H and O–H groups in total. The maximum atomic E-state index is 10.3. The van der Waals surface area contributed by atoms with Crippen molar-refractivity contribution in [2.75, 3.05) is 13.2 Å². The minimum Gasteiger partial charge on any atom is -0.468 e. The number of nitrogens with zero attached hydrogens (tertiary/aromatic N) is 1. The Labute approximate surface area is 142 Å². The van der Waals surface area contributed by atoms with E-state index < -0.39 is 6.10 Å². The second-order valence-corrected chi connectivity index (χ2v) is 8.21. The van der Waals surface area contributed by atoms with Gasteiger partial charge in [-0.3, -0.25) is 4.90 Å². The molecule has 0 saturated heterocycles. The fourth-order valence-corrected chi connectivity index (χ4v) is 3.23. The predicted octanol–water partition coefficient (Wildman–Crippen LogP) is 3.83. The summed E-state index contributed by atoms with van der Waals surface area (Å²) in [4.78, 5) is 4.79. The highest BCUT2D eigenvalue weighted by molar-refractivity contribution is 7.11. The maximum absolute atomic E-state index is 10.3. The third kappa shape index (κ3) is 6.87. The fraction of sp³-hybridized carbons (Fsp3) is 0.556. The molecule has 0 saturated carbocycles. The van der Waals surface area contributed by atoms with E-state index in [0.29, 0.717) is 19.7 Å². The third-order valence-electron chi connectivity index (χ3n) is 3.31. The topological polar surface area (TPSA) is 45.8 Å². The maximum Gasteiger partial charge on any atom is 0.117 e. The van der Waals surface area contributed by atoms with Gasteiger partial charge in [-0.05, 0) is 52.0 Å². The van der Waals surface area contributed by atoms with Crippen molar-refractivity contribution in [1.82, 2.24) is 4.90 Å². The van der Waals surface area contributed by atoms with Crippen LogP contribution in [-0.2, 0) is 17.8 Å². The van der Waals surface area contributed by atoms with Crippen molar-refractivity contribution in [3.8, 4) is 0 Å². The van der Waals surface area contributed by atoms with Gasteiger partial charge >= 0.3 is 0 Å². The molecular formula is C18H27NO3S. The molecule has 128 valence electrons. The Kier molecular flexibility index (Phi) is 6.41. The van der Waals surface area contributed by atoms with Crippen LogP contribution < -0.4 is 0 Å². The van der Waals surface area contributed by atoms with E-state index in [-0.39, 0.29) is 5.60 Å². The Bertz CT molecular complexity index is 571. The summed E-state index contributed by atoms with van der Waals surface area (Å²) in [6.07, 6.45) is 1.16. The molecule has 0 aliphatic heterocycles. The quantitative estimate of drug-likeness (QED) is 0.795. The van der Waals surface area contributed by atoms with Crippen LogP contribution in [0.4, 0.5) is 0 Å². The zero-order chi connectivity index (χ0) is 16.9. The largest absolute Gasteiger partial charge is 0.468 e. The lowest BCUT2D eigenvalue weighted by molar-refractivity contribution is -0.0575. The average Bonchev–Trinajstić information content (AvgIpc) is 3.08. The van der Waals surface area contributed by atoms with Crippen molar-refractivity contribution in [2.24, 2.45) is 0 Å². The third-order valence-corrected chi connectivity index (χ3v) is 4.30. The molecule has 2 heterocycles. The van der Waals surface area contributed by atoms with E-state index in [9.17, 15) is 5.11 Å². The van der Waals surface area contributed by atoms with Crippen molar-refractivity contribution in [3.05, 3.63) is 46.0 Å². The molecular weight excluding hydrogens is 310 g/mol. The number of aliphatic hydroxyl groups excluding tert-OH is 1. The van der Waals surface area contributed by atoms with E-state index in [4.69, 9.17) is 9.15 Å². The van der Waals surface area contributed by atoms with Crippen LogP contribution in [0.2, 0.25) is 0 Å². The average molecular weight is 337 g/mol. The summed E-state index contributed by atoms with van der Waals surface area (Å²) in [5.74, 6) is 0.905. The van der Waals surface area contributed by atoms with Gasteiger partial charge in [0.05, 0.1) is 31.1 Å². The highest BCUT2D eigenvalue weighted by atomic mass is 32.1. The summed E-state index contributed by atoms with van der Waals surface area (Å²) in [5.41, 5.74) is -0.238. The minimum absolute atomic E-state index is 0.238. The van der Waals surface area contributed by atoms with Gasteiger partial charge in [0.2, 0.25) is 0 Å². The Morgan fingerprint density at radius 2 is 2.04 bits per heavy atom. The predicted molar refractivity (Wildman–Crippen MR) is 93.6 cm³/mol. The summed E-state index contributed by atoms with van der Waals surface area (Å²) in [5, 5.41) is 10.3. The minimum atomic E-state index is -0.523. The second-order valence-electron chi connectivity index (χ2n) is 6.84. The first-order chi connectivity index (χ1) is 10.8. The van der Waals surface area contributed by atoms with Crippen LogP contribution in [0.15, 0.2) is 34.9 Å². The molecule has 0 fully saturated rings. The summed E-state index contributed by atoms with van der Waals surface area (Å²) in [7, 11) is 0. The summed E-state index contributed by atoms with van der Waals surface area (Å²) >= 11 is 1.79. The Morgan fingerprint density at radius 1 is 1.26 bits per heavy atom. The second kappa shape index (κ2) is 8.11. The van der Waals surface area contributed by atoms with E-state index in [1.807, 2.05) is 32.9 Å². The zero-order valence-electron chi connectivity index (χ0n) is 14.4. The van der Waals surface area contributed by atoms with Crippen LogP contribution in [0, 0.1) is 6.92 Å².